The van der Waals surface area contributed by atoms with E-state index < -0.39 is 5.69 Å². The van der Waals surface area contributed by atoms with Crippen molar-refractivity contribution in [3.63, 3.8) is 0 Å². The maximum absolute atomic E-state index is 11.7. The molecule has 1 saturated heterocycles. The molecule has 0 saturated carbocycles. The average molecular weight is 310 g/mol. The van der Waals surface area contributed by atoms with E-state index in [0.717, 1.165) is 19.4 Å². The van der Waals surface area contributed by atoms with Gasteiger partial charge in [-0.25, -0.2) is 4.79 Å². The summed E-state index contributed by atoms with van der Waals surface area (Å²) < 4.78 is 5.62. The molecule has 9 heteroatoms. The molecule has 8 nitrogen and oxygen atoms in total. The van der Waals surface area contributed by atoms with E-state index in [1.165, 1.54) is 11.8 Å². The van der Waals surface area contributed by atoms with Crippen molar-refractivity contribution in [2.24, 2.45) is 0 Å². The molecule has 112 valence electrons. The normalized spacial score (nSPS) is 18.2. The van der Waals surface area contributed by atoms with Crippen LogP contribution in [0.4, 0.5) is 0 Å². The lowest BCUT2D eigenvalue weighted by Crippen LogP contribution is -2.81. The minimum Gasteiger partial charge on any atom is -0.410 e. The molecule has 0 amide bonds. The molecule has 1 atom stereocenters. The fourth-order valence-corrected chi connectivity index (χ4v) is 3.22. The molecule has 0 unspecified atom stereocenters. The predicted octanol–water partition coefficient (Wildman–Crippen LogP) is -0.555. The fraction of sp³-hybridized carbons (Fsp3) is 0.500. The Kier molecular flexibility index (Phi) is 3.93. The van der Waals surface area contributed by atoms with E-state index in [0.29, 0.717) is 28.1 Å². The van der Waals surface area contributed by atoms with Crippen molar-refractivity contribution in [2.75, 3.05) is 6.54 Å². The first kappa shape index (κ1) is 14.1. The Morgan fingerprint density at radius 2 is 2.24 bits per heavy atom. The van der Waals surface area contributed by atoms with Crippen LogP contribution in [0, 0.1) is 6.92 Å². The highest BCUT2D eigenvalue weighted by Crippen LogP contribution is 2.24. The Morgan fingerprint density at radius 3 is 2.95 bits per heavy atom. The van der Waals surface area contributed by atoms with E-state index in [9.17, 15) is 9.59 Å². The van der Waals surface area contributed by atoms with Gasteiger partial charge in [-0.3, -0.25) is 9.78 Å². The quantitative estimate of drug-likeness (QED) is 0.651. The number of nitrogens with zero attached hydrogens (tertiary/aromatic N) is 2. The monoisotopic (exact) mass is 310 g/mol. The van der Waals surface area contributed by atoms with Crippen LogP contribution < -0.4 is 16.6 Å². The van der Waals surface area contributed by atoms with Gasteiger partial charge >= 0.3 is 5.69 Å². The number of hydrogen-bond donors (Lipinski definition) is 3. The third-order valence-electron chi connectivity index (χ3n) is 3.50. The van der Waals surface area contributed by atoms with Gasteiger partial charge in [0.05, 0.1) is 6.54 Å². The summed E-state index contributed by atoms with van der Waals surface area (Å²) in [5.74, 6) is 1.01. The van der Waals surface area contributed by atoms with E-state index in [2.05, 4.69) is 25.5 Å². The van der Waals surface area contributed by atoms with Gasteiger partial charge in [0, 0.05) is 29.9 Å². The minimum atomic E-state index is -0.497. The molecule has 0 aromatic carbocycles. The summed E-state index contributed by atoms with van der Waals surface area (Å²) in [6, 6.07) is 0.255. The van der Waals surface area contributed by atoms with Crippen LogP contribution in [0.2, 0.25) is 0 Å². The maximum atomic E-state index is 11.7. The van der Waals surface area contributed by atoms with Gasteiger partial charge in [-0.1, -0.05) is 11.8 Å². The number of nitrogens with two attached hydrogens (primary N) is 1. The van der Waals surface area contributed by atoms with Crippen molar-refractivity contribution in [3.05, 3.63) is 38.0 Å². The Labute approximate surface area is 123 Å². The van der Waals surface area contributed by atoms with Crippen molar-refractivity contribution in [3.8, 4) is 0 Å². The zero-order valence-corrected chi connectivity index (χ0v) is 12.3. The van der Waals surface area contributed by atoms with Crippen molar-refractivity contribution >= 4 is 11.8 Å². The summed E-state index contributed by atoms with van der Waals surface area (Å²) >= 11 is 1.29. The molecule has 2 aromatic rings. The highest BCUT2D eigenvalue weighted by atomic mass is 32.2. The lowest BCUT2D eigenvalue weighted by molar-refractivity contribution is -0.678. The van der Waals surface area contributed by atoms with Crippen LogP contribution in [-0.2, 0) is 5.75 Å². The summed E-state index contributed by atoms with van der Waals surface area (Å²) in [6.07, 6.45) is 2.20. The number of nitrogens with one attached hydrogen (secondary N) is 2. The number of aromatic nitrogens is 4. The van der Waals surface area contributed by atoms with Crippen LogP contribution in [0.1, 0.15) is 36.0 Å². The first-order valence-corrected chi connectivity index (χ1v) is 7.73. The molecule has 2 aromatic heterocycles. The first-order valence-electron chi connectivity index (χ1n) is 6.75. The summed E-state index contributed by atoms with van der Waals surface area (Å²) in [5.41, 5.74) is 0.183. The number of thioether (sulfide) groups is 1. The summed E-state index contributed by atoms with van der Waals surface area (Å²) in [6.45, 7) is 2.78. The average Bonchev–Trinajstić information content (AvgIpc) is 3.08. The number of hydrogen-bond acceptors (Lipinski definition) is 6. The van der Waals surface area contributed by atoms with Gasteiger partial charge in [-0.05, 0) is 6.92 Å². The second-order valence-electron chi connectivity index (χ2n) is 4.98. The number of aromatic amines is 2. The van der Waals surface area contributed by atoms with Crippen molar-refractivity contribution in [1.29, 1.82) is 0 Å². The van der Waals surface area contributed by atoms with Gasteiger partial charge in [0.2, 0.25) is 0 Å². The minimum absolute atomic E-state index is 0.255. The molecular formula is C12H16N5O3S+. The molecule has 0 aliphatic carbocycles. The fourth-order valence-electron chi connectivity index (χ4n) is 2.36. The molecule has 21 heavy (non-hydrogen) atoms. The highest BCUT2D eigenvalue weighted by molar-refractivity contribution is 7.98. The molecular weight excluding hydrogens is 294 g/mol. The molecule has 0 spiro atoms. The molecule has 1 fully saturated rings. The van der Waals surface area contributed by atoms with Crippen molar-refractivity contribution in [1.82, 2.24) is 20.2 Å². The van der Waals surface area contributed by atoms with Gasteiger partial charge in [-0.15, -0.1) is 10.2 Å². The standard InChI is InChI=1S/C12H15N5O3S/c1-6-7(9(18)15-11(19)14-6)5-21-12-17-16-10(20-12)8-3-2-4-13-8/h8,13H,2-5H2,1H3,(H2,14,15,18,19)/p+1/t8-/m1/s1. The number of H-pyrrole nitrogens is 2. The maximum Gasteiger partial charge on any atom is 0.325 e. The Balaban J connectivity index is 1.71. The second-order valence-corrected chi connectivity index (χ2v) is 5.91. The molecule has 4 N–H and O–H groups in total. The topological polar surface area (TPSA) is 121 Å². The predicted molar refractivity (Wildman–Crippen MR) is 75.0 cm³/mol. The Hall–Kier alpha value is -1.87. The zero-order valence-electron chi connectivity index (χ0n) is 11.5. The van der Waals surface area contributed by atoms with Crippen molar-refractivity contribution < 1.29 is 9.73 Å². The van der Waals surface area contributed by atoms with Crippen LogP contribution in [-0.4, -0.2) is 26.7 Å². The highest BCUT2D eigenvalue weighted by Gasteiger charge is 2.26. The third-order valence-corrected chi connectivity index (χ3v) is 4.35. The van der Waals surface area contributed by atoms with E-state index in [-0.39, 0.29) is 11.6 Å². The van der Waals surface area contributed by atoms with E-state index >= 15 is 0 Å². The van der Waals surface area contributed by atoms with Crippen LogP contribution in [0.3, 0.4) is 0 Å². The van der Waals surface area contributed by atoms with E-state index in [4.69, 9.17) is 4.42 Å². The van der Waals surface area contributed by atoms with Gasteiger partial charge < -0.3 is 14.7 Å². The molecule has 1 aliphatic heterocycles. The van der Waals surface area contributed by atoms with Gasteiger partial charge in [0.25, 0.3) is 16.7 Å². The summed E-state index contributed by atoms with van der Waals surface area (Å²) in [7, 11) is 0. The second kappa shape index (κ2) is 5.86. The summed E-state index contributed by atoms with van der Waals surface area (Å²) in [4.78, 5) is 27.6. The lowest BCUT2D eigenvalue weighted by atomic mass is 10.2. The molecule has 3 heterocycles. The number of aryl methyl sites for hydroxylation is 1. The van der Waals surface area contributed by atoms with Crippen LogP contribution in [0.15, 0.2) is 19.2 Å². The van der Waals surface area contributed by atoms with Crippen LogP contribution in [0.25, 0.3) is 0 Å². The Bertz CT molecular complexity index is 744. The van der Waals surface area contributed by atoms with Gasteiger partial charge in [0.15, 0.2) is 6.04 Å². The SMILES string of the molecule is Cc1[nH]c(=O)[nH]c(=O)c1CSc1nnc([C@H]2CCC[NH2+]2)o1. The molecule has 3 rings (SSSR count). The lowest BCUT2D eigenvalue weighted by Gasteiger charge is -2.01. The third kappa shape index (κ3) is 3.08. The molecule has 0 bridgehead atoms. The summed E-state index contributed by atoms with van der Waals surface area (Å²) in [5, 5.41) is 10.7. The first-order chi connectivity index (χ1) is 10.1. The van der Waals surface area contributed by atoms with E-state index in [1.54, 1.807) is 6.92 Å². The Morgan fingerprint density at radius 1 is 1.38 bits per heavy atom. The largest absolute Gasteiger partial charge is 0.410 e. The van der Waals surface area contributed by atoms with Gasteiger partial charge in [-0.2, -0.15) is 0 Å². The van der Waals surface area contributed by atoms with E-state index in [1.807, 2.05) is 0 Å². The molecule has 1 aliphatic rings. The van der Waals surface area contributed by atoms with Crippen LogP contribution in [0.5, 0.6) is 0 Å². The number of quaternary nitrogens is 1. The van der Waals surface area contributed by atoms with Gasteiger partial charge in [0.1, 0.15) is 0 Å². The smallest absolute Gasteiger partial charge is 0.325 e. The van der Waals surface area contributed by atoms with Crippen molar-refractivity contribution in [2.45, 2.75) is 36.8 Å². The molecule has 0 radical (unpaired) electrons. The zero-order chi connectivity index (χ0) is 14.8. The van der Waals surface area contributed by atoms with Crippen LogP contribution >= 0.6 is 11.8 Å². The number of rotatable bonds is 4.